The van der Waals surface area contributed by atoms with Crippen molar-refractivity contribution in [2.75, 3.05) is 59.3 Å². The minimum absolute atomic E-state index is 0.0565. The molecule has 1 amide bonds. The van der Waals surface area contributed by atoms with Gasteiger partial charge in [-0.05, 0) is 85.1 Å². The number of likely N-dealkylation sites (tertiary alicyclic amines) is 1. The number of anilines is 1. The number of nitriles is 1. The average molecular weight is 711 g/mol. The lowest BCUT2D eigenvalue weighted by Crippen LogP contribution is -2.67. The van der Waals surface area contributed by atoms with E-state index in [1.807, 2.05) is 61.9 Å². The van der Waals surface area contributed by atoms with E-state index in [1.54, 1.807) is 17.2 Å². The van der Waals surface area contributed by atoms with Gasteiger partial charge >= 0.3 is 0 Å². The summed E-state index contributed by atoms with van der Waals surface area (Å²) in [7, 11) is 8.03. The molecule has 0 unspecified atom stereocenters. The van der Waals surface area contributed by atoms with Gasteiger partial charge in [-0.15, -0.1) is 0 Å². The number of fused-ring (bicyclic) bond motifs is 4. The highest BCUT2D eigenvalue weighted by atomic mass is 35.5. The van der Waals surface area contributed by atoms with Crippen LogP contribution in [-0.4, -0.2) is 112 Å². The third kappa shape index (κ3) is 5.91. The first-order chi connectivity index (χ1) is 24.3. The van der Waals surface area contributed by atoms with E-state index >= 15 is 4.39 Å². The number of carbonyl (C=O) groups excluding carboxylic acids is 1. The fraction of sp³-hybridized carbons (Fsp3) is 0.447. The maximum Gasteiger partial charge on any atom is 0.246 e. The molecule has 2 atom stereocenters. The van der Waals surface area contributed by atoms with Gasteiger partial charge in [-0.1, -0.05) is 17.7 Å². The number of nitrogens with zero attached hydrogens (tertiary/aromatic N) is 9. The highest BCUT2D eigenvalue weighted by molar-refractivity contribution is 6.35. The summed E-state index contributed by atoms with van der Waals surface area (Å²) in [5.74, 6) is 0.0868. The Balaban J connectivity index is 1.38. The quantitative estimate of drug-likeness (QED) is 0.188. The van der Waals surface area contributed by atoms with E-state index in [4.69, 9.17) is 21.7 Å². The van der Waals surface area contributed by atoms with E-state index in [1.165, 1.54) is 0 Å². The minimum atomic E-state index is -0.493. The molecule has 3 aromatic heterocycles. The lowest BCUT2D eigenvalue weighted by molar-refractivity contribution is -0.130. The number of amides is 1. The Morgan fingerprint density at radius 2 is 1.92 bits per heavy atom. The standard InChI is InChI=1S/C38H44ClFN10O/c1-22-15-30-27(18-42-45-30)32(23(22)2)33-29(39)17-26-35(34(33)40)44-37(48-20-38(3,21-48)47(6)7)28-19-43-50(36(26)28)25-11-14-49(24(16-25)10-12-41)31(51)9-8-13-46(4)5/h8-9,15,17-19,24-25H,10-11,13-14,16,20-21H2,1-7H3,(H,42,45)/b9-8+/t24-,25+/m1/s1. The molecule has 2 aromatic carbocycles. The summed E-state index contributed by atoms with van der Waals surface area (Å²) in [6.07, 6.45) is 8.35. The number of carbonyl (C=O) groups is 1. The summed E-state index contributed by atoms with van der Waals surface area (Å²) in [4.78, 5) is 26.5. The molecule has 2 aliphatic rings. The van der Waals surface area contributed by atoms with Crippen LogP contribution < -0.4 is 4.90 Å². The first-order valence-corrected chi connectivity index (χ1v) is 17.7. The molecule has 5 heterocycles. The second-order valence-electron chi connectivity index (χ2n) is 14.9. The van der Waals surface area contributed by atoms with Gasteiger partial charge in [-0.25, -0.2) is 9.37 Å². The van der Waals surface area contributed by atoms with Crippen LogP contribution in [0.25, 0.3) is 43.8 Å². The Hall–Kier alpha value is -4.57. The zero-order valence-corrected chi connectivity index (χ0v) is 31.0. The fourth-order valence-electron chi connectivity index (χ4n) is 7.77. The summed E-state index contributed by atoms with van der Waals surface area (Å²) in [6, 6.07) is 5.70. The third-order valence-electron chi connectivity index (χ3n) is 11.0. The first-order valence-electron chi connectivity index (χ1n) is 17.4. The molecule has 0 spiro atoms. The van der Waals surface area contributed by atoms with Gasteiger partial charge in [0, 0.05) is 60.2 Å². The number of hydrogen-bond acceptors (Lipinski definition) is 8. The Labute approximate surface area is 302 Å². The number of benzene rings is 2. The predicted octanol–water partition coefficient (Wildman–Crippen LogP) is 6.24. The van der Waals surface area contributed by atoms with Crippen LogP contribution in [0.4, 0.5) is 10.2 Å². The zero-order chi connectivity index (χ0) is 36.4. The Kier molecular flexibility index (Phi) is 9.02. The minimum Gasteiger partial charge on any atom is -0.352 e. The monoisotopic (exact) mass is 710 g/mol. The van der Waals surface area contributed by atoms with Crippen LogP contribution in [0.5, 0.6) is 0 Å². The van der Waals surface area contributed by atoms with Gasteiger partial charge in [0.15, 0.2) is 5.82 Å². The number of hydrogen-bond donors (Lipinski definition) is 1. The van der Waals surface area contributed by atoms with Crippen LogP contribution in [-0.2, 0) is 4.79 Å². The van der Waals surface area contributed by atoms with E-state index in [0.717, 1.165) is 46.0 Å². The van der Waals surface area contributed by atoms with Crippen LogP contribution in [0.1, 0.15) is 43.4 Å². The molecule has 266 valence electrons. The number of pyridine rings is 1. The maximum atomic E-state index is 17.3. The van der Waals surface area contributed by atoms with Crippen LogP contribution in [0.15, 0.2) is 36.7 Å². The zero-order valence-electron chi connectivity index (χ0n) is 30.3. The second kappa shape index (κ2) is 13.2. The largest absolute Gasteiger partial charge is 0.352 e. The molecule has 5 aromatic rings. The number of rotatable bonds is 8. The fourth-order valence-corrected chi connectivity index (χ4v) is 8.05. The average Bonchev–Trinajstić information content (AvgIpc) is 3.72. The van der Waals surface area contributed by atoms with Gasteiger partial charge in [0.1, 0.15) is 11.3 Å². The number of halogens is 2. The summed E-state index contributed by atoms with van der Waals surface area (Å²) in [5.41, 5.74) is 4.63. The molecule has 11 nitrogen and oxygen atoms in total. The number of nitrogens with one attached hydrogen (secondary N) is 1. The topological polar surface area (TPSA) is 113 Å². The summed E-state index contributed by atoms with van der Waals surface area (Å²) < 4.78 is 19.3. The van der Waals surface area contributed by atoms with Crippen LogP contribution in [0.2, 0.25) is 5.02 Å². The molecule has 2 fully saturated rings. The van der Waals surface area contributed by atoms with Gasteiger partial charge in [0.05, 0.1) is 57.9 Å². The van der Waals surface area contributed by atoms with Crippen LogP contribution in [0, 0.1) is 31.0 Å². The molecular formula is C38H44ClFN10O. The number of likely N-dealkylation sites (N-methyl/N-ethyl adjacent to an activating group) is 2. The predicted molar refractivity (Wildman–Crippen MR) is 201 cm³/mol. The summed E-state index contributed by atoms with van der Waals surface area (Å²) >= 11 is 7.10. The normalized spacial score (nSPS) is 19.3. The van der Waals surface area contributed by atoms with E-state index < -0.39 is 5.82 Å². The molecule has 13 heteroatoms. The summed E-state index contributed by atoms with van der Waals surface area (Å²) in [5, 5.41) is 24.4. The van der Waals surface area contributed by atoms with Crippen LogP contribution >= 0.6 is 11.6 Å². The van der Waals surface area contributed by atoms with Gasteiger partial charge < -0.3 is 19.6 Å². The van der Waals surface area contributed by atoms with Crippen molar-refractivity contribution in [3.8, 4) is 17.2 Å². The van der Waals surface area contributed by atoms with E-state index in [-0.39, 0.29) is 40.5 Å². The van der Waals surface area contributed by atoms with Crippen molar-refractivity contribution in [2.24, 2.45) is 0 Å². The molecule has 0 aliphatic carbocycles. The number of H-pyrrole nitrogens is 1. The molecule has 1 N–H and O–H groups in total. The van der Waals surface area contributed by atoms with Crippen molar-refractivity contribution in [2.45, 2.75) is 57.7 Å². The van der Waals surface area contributed by atoms with Gasteiger partial charge in [0.25, 0.3) is 0 Å². The molecule has 2 aliphatic heterocycles. The SMILES string of the molecule is Cc1cc2[nH]ncc2c(-c2c(Cl)cc3c(nc(N4CC(C)(N(C)C)C4)c4cnn([C@H]5CCN(C(=O)/C=C/CN(C)C)[C@H](CC#N)C5)c43)c2F)c1C. The van der Waals surface area contributed by atoms with E-state index in [9.17, 15) is 10.1 Å². The molecular weight excluding hydrogens is 667 g/mol. The van der Waals surface area contributed by atoms with Crippen molar-refractivity contribution < 1.29 is 9.18 Å². The highest BCUT2D eigenvalue weighted by Gasteiger charge is 2.43. The number of piperidine rings is 1. The third-order valence-corrected chi connectivity index (χ3v) is 11.3. The first kappa shape index (κ1) is 34.9. The molecule has 7 rings (SSSR count). The van der Waals surface area contributed by atoms with Gasteiger partial charge in [0.2, 0.25) is 5.91 Å². The van der Waals surface area contributed by atoms with Crippen molar-refractivity contribution in [3.63, 3.8) is 0 Å². The molecule has 0 saturated carbocycles. The van der Waals surface area contributed by atoms with Gasteiger partial charge in [-0.3, -0.25) is 14.6 Å². The number of aromatic nitrogens is 5. The number of aryl methyl sites for hydroxylation is 1. The Morgan fingerprint density at radius 3 is 2.63 bits per heavy atom. The second-order valence-corrected chi connectivity index (χ2v) is 15.3. The lowest BCUT2D eigenvalue weighted by Gasteiger charge is -2.52. The molecule has 0 bridgehead atoms. The Bertz CT molecular complexity index is 2240. The maximum absolute atomic E-state index is 17.3. The van der Waals surface area contributed by atoms with E-state index in [0.29, 0.717) is 48.3 Å². The Morgan fingerprint density at radius 1 is 1.16 bits per heavy atom. The van der Waals surface area contributed by atoms with E-state index in [2.05, 4.69) is 47.1 Å². The summed E-state index contributed by atoms with van der Waals surface area (Å²) in [6.45, 7) is 8.74. The van der Waals surface area contributed by atoms with Crippen LogP contribution in [0.3, 0.4) is 0 Å². The highest BCUT2D eigenvalue weighted by Crippen LogP contribution is 2.45. The van der Waals surface area contributed by atoms with Crippen molar-refractivity contribution in [3.05, 3.63) is 58.6 Å². The smallest absolute Gasteiger partial charge is 0.246 e. The molecule has 2 saturated heterocycles. The van der Waals surface area contributed by atoms with Crippen molar-refractivity contribution in [1.29, 1.82) is 5.26 Å². The molecule has 0 radical (unpaired) electrons. The lowest BCUT2D eigenvalue weighted by atomic mass is 9.90. The van der Waals surface area contributed by atoms with Gasteiger partial charge in [-0.2, -0.15) is 15.5 Å². The van der Waals surface area contributed by atoms with Crippen molar-refractivity contribution >= 4 is 56.0 Å². The molecule has 51 heavy (non-hydrogen) atoms. The number of aromatic amines is 1. The van der Waals surface area contributed by atoms with Crippen molar-refractivity contribution in [1.82, 2.24) is 39.7 Å².